The second-order valence-electron chi connectivity index (χ2n) is 10.7. The Bertz CT molecular complexity index is 1690. The van der Waals surface area contributed by atoms with Gasteiger partial charge in [-0.05, 0) is 44.0 Å². The van der Waals surface area contributed by atoms with Crippen LogP contribution in [0.3, 0.4) is 0 Å². The monoisotopic (exact) mass is 503 g/mol. The average Bonchev–Trinajstić information content (AvgIpc) is 3.52. The van der Waals surface area contributed by atoms with Crippen molar-refractivity contribution in [3.63, 3.8) is 0 Å². The summed E-state index contributed by atoms with van der Waals surface area (Å²) in [5.74, 6) is -0.794. The Hall–Kier alpha value is -4.28. The van der Waals surface area contributed by atoms with E-state index in [1.807, 2.05) is 55.5 Å². The maximum Gasteiger partial charge on any atom is 0.240 e. The number of hydrogen-bond donors (Lipinski definition) is 0. The first-order valence-electron chi connectivity index (χ1n) is 12.9. The van der Waals surface area contributed by atoms with E-state index in [0.717, 1.165) is 33.7 Å². The molecule has 4 aromatic rings. The maximum atomic E-state index is 14.1. The van der Waals surface area contributed by atoms with Crippen molar-refractivity contribution in [2.45, 2.75) is 37.4 Å². The third-order valence-electron chi connectivity index (χ3n) is 8.70. The molecule has 38 heavy (non-hydrogen) atoms. The summed E-state index contributed by atoms with van der Waals surface area (Å²) in [6, 6.07) is 20.8. The molecule has 7 nitrogen and oxygen atoms in total. The fraction of sp³-hybridized carbons (Fsp3) is 0.290. The van der Waals surface area contributed by atoms with E-state index in [0.29, 0.717) is 30.7 Å². The van der Waals surface area contributed by atoms with Crippen LogP contribution in [0.4, 0.5) is 5.69 Å². The zero-order valence-corrected chi connectivity index (χ0v) is 20.9. The molecule has 0 N–H and O–H groups in total. The van der Waals surface area contributed by atoms with E-state index >= 15 is 0 Å². The molecule has 2 bridgehead atoms. The Kier molecular flexibility index (Phi) is 4.88. The zero-order chi connectivity index (χ0) is 26.1. The highest BCUT2D eigenvalue weighted by Gasteiger charge is 2.73. The molecule has 0 saturated carbocycles. The highest BCUT2D eigenvalue weighted by Crippen LogP contribution is 2.62. The molecule has 4 heterocycles. The van der Waals surface area contributed by atoms with E-state index in [-0.39, 0.29) is 11.8 Å². The van der Waals surface area contributed by atoms with E-state index in [9.17, 15) is 14.9 Å². The molecule has 1 aromatic heterocycles. The fourth-order valence-electron chi connectivity index (χ4n) is 6.98. The molecule has 2 amide bonds. The van der Waals surface area contributed by atoms with Crippen molar-refractivity contribution >= 4 is 39.0 Å². The van der Waals surface area contributed by atoms with Gasteiger partial charge in [0.2, 0.25) is 11.8 Å². The summed E-state index contributed by atoms with van der Waals surface area (Å²) in [5, 5.41) is 13.0. The number of amides is 2. The van der Waals surface area contributed by atoms with Crippen LogP contribution in [0, 0.1) is 23.2 Å². The van der Waals surface area contributed by atoms with Crippen LogP contribution < -0.4 is 9.64 Å². The van der Waals surface area contributed by atoms with Gasteiger partial charge in [0, 0.05) is 40.4 Å². The number of imide groups is 1. The van der Waals surface area contributed by atoms with E-state index in [4.69, 9.17) is 9.47 Å². The van der Waals surface area contributed by atoms with E-state index in [2.05, 4.69) is 11.1 Å². The minimum absolute atomic E-state index is 0.221. The summed E-state index contributed by atoms with van der Waals surface area (Å²) in [4.78, 5) is 33.5. The van der Waals surface area contributed by atoms with Gasteiger partial charge in [0.05, 0.1) is 47.0 Å². The number of anilines is 1. The molecule has 3 aliphatic heterocycles. The van der Waals surface area contributed by atoms with E-state index < -0.39 is 23.0 Å². The Morgan fingerprint density at radius 2 is 1.82 bits per heavy atom. The van der Waals surface area contributed by atoms with Crippen molar-refractivity contribution in [3.05, 3.63) is 78.6 Å². The highest BCUT2D eigenvalue weighted by atomic mass is 16.5. The topological polar surface area (TPSA) is 92.5 Å². The quantitative estimate of drug-likeness (QED) is 0.350. The maximum absolute atomic E-state index is 14.1. The van der Waals surface area contributed by atoms with Gasteiger partial charge in [0.25, 0.3) is 0 Å². The number of pyridine rings is 1. The molecular weight excluding hydrogens is 478 g/mol. The second kappa shape index (κ2) is 8.11. The van der Waals surface area contributed by atoms with E-state index in [1.54, 1.807) is 24.5 Å². The average molecular weight is 504 g/mol. The van der Waals surface area contributed by atoms with Gasteiger partial charge < -0.3 is 9.47 Å². The molecule has 7 heteroatoms. The molecule has 0 unspecified atom stereocenters. The molecule has 4 atom stereocenters. The summed E-state index contributed by atoms with van der Waals surface area (Å²) < 4.78 is 12.8. The number of ether oxygens (including phenoxy) is 2. The number of nitriles is 1. The molecule has 3 aliphatic rings. The standard InChI is InChI=1S/C31H25N3O4/c1-30-12-13-31(38-30,14-16-37-25-8-4-5-20-18-33-15-11-22(20)25)27-26(30)28(35)34(29(27)36)24-10-9-19(17-32)21-6-2-3-7-23(21)24/h2-11,15,18,26-27H,12-14,16H2,1H3/t26-,27+,30-,31-/m1/s1. The lowest BCUT2D eigenvalue weighted by Crippen LogP contribution is -2.43. The van der Waals surface area contributed by atoms with E-state index in [1.165, 1.54) is 4.90 Å². The van der Waals surface area contributed by atoms with Crippen LogP contribution in [0.15, 0.2) is 73.1 Å². The predicted octanol–water partition coefficient (Wildman–Crippen LogP) is 5.16. The van der Waals surface area contributed by atoms with Crippen molar-refractivity contribution in [1.29, 1.82) is 5.26 Å². The number of carbonyl (C=O) groups is 2. The number of benzene rings is 3. The fourth-order valence-corrected chi connectivity index (χ4v) is 6.98. The van der Waals surface area contributed by atoms with Crippen molar-refractivity contribution in [2.24, 2.45) is 11.8 Å². The molecule has 188 valence electrons. The zero-order valence-electron chi connectivity index (χ0n) is 20.9. The van der Waals surface area contributed by atoms with Gasteiger partial charge in [-0.2, -0.15) is 5.26 Å². The first-order chi connectivity index (χ1) is 18.5. The Balaban J connectivity index is 1.21. The van der Waals surface area contributed by atoms with Crippen LogP contribution in [0.2, 0.25) is 0 Å². The molecule has 0 radical (unpaired) electrons. The lowest BCUT2D eigenvalue weighted by Gasteiger charge is -2.31. The van der Waals surface area contributed by atoms with Gasteiger partial charge in [-0.25, -0.2) is 4.90 Å². The number of hydrogen-bond acceptors (Lipinski definition) is 6. The van der Waals surface area contributed by atoms with Crippen LogP contribution in [-0.2, 0) is 14.3 Å². The van der Waals surface area contributed by atoms with Crippen LogP contribution >= 0.6 is 0 Å². The number of fused-ring (bicyclic) bond motifs is 7. The summed E-state index contributed by atoms with van der Waals surface area (Å²) in [5.41, 5.74) is -0.408. The first-order valence-corrected chi connectivity index (χ1v) is 12.9. The Labute approximate surface area is 219 Å². The molecule has 3 aromatic carbocycles. The van der Waals surface area contributed by atoms with Crippen molar-refractivity contribution in [2.75, 3.05) is 11.5 Å². The Morgan fingerprint density at radius 1 is 1.00 bits per heavy atom. The number of carbonyl (C=O) groups excluding carboxylic acids is 2. The molecule has 7 rings (SSSR count). The van der Waals surface area contributed by atoms with Crippen LogP contribution in [0.5, 0.6) is 5.75 Å². The van der Waals surface area contributed by atoms with Crippen LogP contribution in [0.1, 0.15) is 31.7 Å². The minimum Gasteiger partial charge on any atom is -0.493 e. The number of aromatic nitrogens is 1. The first kappa shape index (κ1) is 22.9. The molecular formula is C31H25N3O4. The lowest BCUT2D eigenvalue weighted by atomic mass is 9.67. The molecule has 3 saturated heterocycles. The van der Waals surface area contributed by atoms with Gasteiger partial charge in [0.15, 0.2) is 0 Å². The van der Waals surface area contributed by atoms with Gasteiger partial charge in [-0.15, -0.1) is 0 Å². The second-order valence-corrected chi connectivity index (χ2v) is 10.7. The summed E-state index contributed by atoms with van der Waals surface area (Å²) >= 11 is 0. The van der Waals surface area contributed by atoms with Gasteiger partial charge in [-0.1, -0.05) is 36.4 Å². The van der Waals surface area contributed by atoms with Gasteiger partial charge in [-0.3, -0.25) is 14.6 Å². The summed E-state index contributed by atoms with van der Waals surface area (Å²) in [6.07, 6.45) is 5.47. The molecule has 0 aliphatic carbocycles. The van der Waals surface area contributed by atoms with Crippen molar-refractivity contribution < 1.29 is 19.1 Å². The third-order valence-corrected chi connectivity index (χ3v) is 8.70. The largest absolute Gasteiger partial charge is 0.493 e. The van der Waals surface area contributed by atoms with Gasteiger partial charge in [0.1, 0.15) is 5.75 Å². The third kappa shape index (κ3) is 3.07. The van der Waals surface area contributed by atoms with Crippen molar-refractivity contribution in [3.8, 4) is 11.8 Å². The minimum atomic E-state index is -0.755. The van der Waals surface area contributed by atoms with Gasteiger partial charge >= 0.3 is 0 Å². The highest BCUT2D eigenvalue weighted by molar-refractivity contribution is 6.26. The smallest absolute Gasteiger partial charge is 0.240 e. The van der Waals surface area contributed by atoms with Crippen LogP contribution in [-0.4, -0.2) is 34.6 Å². The Morgan fingerprint density at radius 3 is 2.66 bits per heavy atom. The predicted molar refractivity (Wildman–Crippen MR) is 141 cm³/mol. The van der Waals surface area contributed by atoms with Crippen molar-refractivity contribution in [1.82, 2.24) is 4.98 Å². The SMILES string of the molecule is C[C@]12CC[C@](CCOc3cccc4cnccc34)(O1)[C@@H]1C(=O)N(c3ccc(C#N)c4ccccc34)C(=O)[C@@H]12. The number of rotatable bonds is 5. The van der Waals surface area contributed by atoms with Crippen LogP contribution in [0.25, 0.3) is 21.5 Å². The summed E-state index contributed by atoms with van der Waals surface area (Å²) in [6.45, 7) is 2.32. The normalized spacial score (nSPS) is 27.7. The molecule has 0 spiro atoms. The summed E-state index contributed by atoms with van der Waals surface area (Å²) in [7, 11) is 0. The lowest BCUT2D eigenvalue weighted by molar-refractivity contribution is -0.131. The number of nitrogens with zero attached hydrogens (tertiary/aromatic N) is 3. The molecule has 3 fully saturated rings.